The first-order valence-electron chi connectivity index (χ1n) is 6.59. The summed E-state index contributed by atoms with van der Waals surface area (Å²) in [6, 6.07) is 0. The Balaban J connectivity index is 1.99. The molecule has 102 valence electrons. The Morgan fingerprint density at radius 1 is 1.50 bits per heavy atom. The molecule has 0 aliphatic carbocycles. The summed E-state index contributed by atoms with van der Waals surface area (Å²) in [5.74, 6) is 1.02. The fourth-order valence-electron chi connectivity index (χ4n) is 2.07. The van der Waals surface area contributed by atoms with E-state index in [1.807, 2.05) is 40.6 Å². The van der Waals surface area contributed by atoms with Gasteiger partial charge in [-0.15, -0.1) is 0 Å². The van der Waals surface area contributed by atoms with Gasteiger partial charge in [0.05, 0.1) is 12.3 Å². The molecule has 18 heavy (non-hydrogen) atoms. The lowest BCUT2D eigenvalue weighted by molar-refractivity contribution is 0.180. The maximum atomic E-state index is 10.4. The molecule has 1 aromatic heterocycles. The molecule has 0 radical (unpaired) electrons. The van der Waals surface area contributed by atoms with Gasteiger partial charge in [0.1, 0.15) is 0 Å². The molecule has 0 amide bonds. The van der Waals surface area contributed by atoms with Crippen molar-refractivity contribution in [1.82, 2.24) is 9.78 Å². The number of thioether (sulfide) groups is 2. The molecule has 5 heteroatoms. The zero-order valence-corrected chi connectivity index (χ0v) is 12.9. The van der Waals surface area contributed by atoms with Crippen molar-refractivity contribution in [1.29, 1.82) is 0 Å². The number of aromatic nitrogens is 2. The minimum atomic E-state index is -0.386. The molecule has 1 saturated heterocycles. The summed E-state index contributed by atoms with van der Waals surface area (Å²) in [6.45, 7) is 7.58. The lowest BCUT2D eigenvalue weighted by Gasteiger charge is -2.33. The van der Waals surface area contributed by atoms with E-state index in [1.165, 1.54) is 0 Å². The molecule has 0 spiro atoms. The molecule has 0 saturated carbocycles. The Kier molecular flexibility index (Phi) is 5.04. The van der Waals surface area contributed by atoms with Crippen molar-refractivity contribution < 1.29 is 5.11 Å². The standard InChI is InChI=1S/C13H22N2OS2/c1-4-5-15-7-11(6-14-15)13(16)12-8-17-9(2)10(3)18-12/h6-7,9-10,12-13,16H,4-5,8H2,1-3H3. The van der Waals surface area contributed by atoms with Crippen LogP contribution in [0.15, 0.2) is 12.4 Å². The maximum absolute atomic E-state index is 10.4. The minimum absolute atomic E-state index is 0.292. The summed E-state index contributed by atoms with van der Waals surface area (Å²) in [7, 11) is 0. The Hall–Kier alpha value is -0.130. The van der Waals surface area contributed by atoms with Crippen LogP contribution < -0.4 is 0 Å². The van der Waals surface area contributed by atoms with Gasteiger partial charge in [-0.05, 0) is 6.42 Å². The maximum Gasteiger partial charge on any atom is 0.0946 e. The first kappa shape index (κ1) is 14.3. The van der Waals surface area contributed by atoms with Gasteiger partial charge in [0.25, 0.3) is 0 Å². The number of hydrogen-bond donors (Lipinski definition) is 1. The number of aryl methyl sites for hydroxylation is 1. The van der Waals surface area contributed by atoms with Crippen LogP contribution in [0.2, 0.25) is 0 Å². The van der Waals surface area contributed by atoms with Gasteiger partial charge in [0.2, 0.25) is 0 Å². The fraction of sp³-hybridized carbons (Fsp3) is 0.769. The quantitative estimate of drug-likeness (QED) is 0.923. The lowest BCUT2D eigenvalue weighted by atomic mass is 10.1. The molecule has 4 atom stereocenters. The van der Waals surface area contributed by atoms with E-state index in [2.05, 4.69) is 25.9 Å². The molecule has 0 bridgehead atoms. The highest BCUT2D eigenvalue weighted by atomic mass is 32.2. The highest BCUT2D eigenvalue weighted by Crippen LogP contribution is 2.40. The summed E-state index contributed by atoms with van der Waals surface area (Å²) in [4.78, 5) is 0. The second-order valence-corrected chi connectivity index (χ2v) is 7.93. The van der Waals surface area contributed by atoms with Crippen molar-refractivity contribution in [3.63, 3.8) is 0 Å². The van der Waals surface area contributed by atoms with Gasteiger partial charge in [-0.2, -0.15) is 28.6 Å². The second kappa shape index (κ2) is 6.35. The molecule has 1 fully saturated rings. The Labute approximate surface area is 118 Å². The van der Waals surface area contributed by atoms with Crippen LogP contribution in [0, 0.1) is 0 Å². The number of nitrogens with zero attached hydrogens (tertiary/aromatic N) is 2. The van der Waals surface area contributed by atoms with Crippen molar-refractivity contribution in [2.75, 3.05) is 5.75 Å². The SMILES string of the molecule is CCCn1cc(C(O)C2CSC(C)C(C)S2)cn1. The van der Waals surface area contributed by atoms with Gasteiger partial charge in [0, 0.05) is 39.8 Å². The molecule has 2 rings (SSSR count). The number of hydrogen-bond acceptors (Lipinski definition) is 4. The largest absolute Gasteiger partial charge is 0.387 e. The van der Waals surface area contributed by atoms with E-state index in [4.69, 9.17) is 0 Å². The first-order chi connectivity index (χ1) is 8.61. The molecule has 1 N–H and O–H groups in total. The van der Waals surface area contributed by atoms with Gasteiger partial charge < -0.3 is 5.11 Å². The van der Waals surface area contributed by atoms with E-state index in [-0.39, 0.29) is 6.10 Å². The number of aliphatic hydroxyl groups excluding tert-OH is 1. The average molecular weight is 286 g/mol. The van der Waals surface area contributed by atoms with Gasteiger partial charge in [0.15, 0.2) is 0 Å². The highest BCUT2D eigenvalue weighted by Gasteiger charge is 2.31. The van der Waals surface area contributed by atoms with Crippen LogP contribution in [0.1, 0.15) is 38.9 Å². The smallest absolute Gasteiger partial charge is 0.0946 e. The second-order valence-electron chi connectivity index (χ2n) is 4.90. The third-order valence-electron chi connectivity index (χ3n) is 3.37. The summed E-state index contributed by atoms with van der Waals surface area (Å²) >= 11 is 3.88. The van der Waals surface area contributed by atoms with E-state index in [0.29, 0.717) is 15.7 Å². The Morgan fingerprint density at radius 3 is 2.94 bits per heavy atom. The van der Waals surface area contributed by atoms with Gasteiger partial charge in [-0.3, -0.25) is 4.68 Å². The molecule has 1 aromatic rings. The molecule has 0 aromatic carbocycles. The molecular formula is C13H22N2OS2. The third-order valence-corrected chi connectivity index (χ3v) is 6.85. The highest BCUT2D eigenvalue weighted by molar-refractivity contribution is 8.07. The van der Waals surface area contributed by atoms with Crippen molar-refractivity contribution in [2.24, 2.45) is 0 Å². The van der Waals surface area contributed by atoms with Crippen molar-refractivity contribution in [3.8, 4) is 0 Å². The molecule has 3 nitrogen and oxygen atoms in total. The van der Waals surface area contributed by atoms with Gasteiger partial charge in [-0.25, -0.2) is 0 Å². The first-order valence-corrected chi connectivity index (χ1v) is 8.58. The Bertz CT molecular complexity index is 383. The van der Waals surface area contributed by atoms with Crippen LogP contribution in [0.5, 0.6) is 0 Å². The molecule has 1 aliphatic heterocycles. The topological polar surface area (TPSA) is 38.0 Å². The van der Waals surface area contributed by atoms with E-state index in [9.17, 15) is 5.11 Å². The fourth-order valence-corrected chi connectivity index (χ4v) is 5.08. The van der Waals surface area contributed by atoms with Gasteiger partial charge >= 0.3 is 0 Å². The molecule has 4 unspecified atom stereocenters. The number of aliphatic hydroxyl groups is 1. The van der Waals surface area contributed by atoms with E-state index in [0.717, 1.165) is 24.3 Å². The number of rotatable bonds is 4. The normalized spacial score (nSPS) is 30.3. The van der Waals surface area contributed by atoms with Crippen LogP contribution in [0.3, 0.4) is 0 Å². The third kappa shape index (κ3) is 3.25. The molecule has 2 heterocycles. The summed E-state index contributed by atoms with van der Waals surface area (Å²) in [5, 5.41) is 16.3. The van der Waals surface area contributed by atoms with Crippen LogP contribution in [-0.2, 0) is 6.54 Å². The zero-order valence-electron chi connectivity index (χ0n) is 11.2. The molecule has 1 aliphatic rings. The summed E-state index contributed by atoms with van der Waals surface area (Å²) < 4.78 is 1.92. The molecular weight excluding hydrogens is 264 g/mol. The van der Waals surface area contributed by atoms with Crippen molar-refractivity contribution in [3.05, 3.63) is 18.0 Å². The van der Waals surface area contributed by atoms with Crippen LogP contribution >= 0.6 is 23.5 Å². The monoisotopic (exact) mass is 286 g/mol. The Morgan fingerprint density at radius 2 is 2.28 bits per heavy atom. The summed E-state index contributed by atoms with van der Waals surface area (Å²) in [5.41, 5.74) is 0.961. The minimum Gasteiger partial charge on any atom is -0.387 e. The lowest BCUT2D eigenvalue weighted by Crippen LogP contribution is -2.30. The van der Waals surface area contributed by atoms with Crippen LogP contribution in [-0.4, -0.2) is 36.4 Å². The average Bonchev–Trinajstić information content (AvgIpc) is 2.81. The predicted molar refractivity (Wildman–Crippen MR) is 80.2 cm³/mol. The van der Waals surface area contributed by atoms with E-state index >= 15 is 0 Å². The van der Waals surface area contributed by atoms with E-state index in [1.54, 1.807) is 0 Å². The zero-order chi connectivity index (χ0) is 13.1. The van der Waals surface area contributed by atoms with Crippen molar-refractivity contribution >= 4 is 23.5 Å². The van der Waals surface area contributed by atoms with E-state index < -0.39 is 0 Å². The van der Waals surface area contributed by atoms with Crippen molar-refractivity contribution in [2.45, 2.75) is 55.6 Å². The van der Waals surface area contributed by atoms with Crippen LogP contribution in [0.25, 0.3) is 0 Å². The predicted octanol–water partition coefficient (Wildman–Crippen LogP) is 2.95. The summed E-state index contributed by atoms with van der Waals surface area (Å²) in [6.07, 6.45) is 4.49. The van der Waals surface area contributed by atoms with Gasteiger partial charge in [-0.1, -0.05) is 20.8 Å². The van der Waals surface area contributed by atoms with Crippen LogP contribution in [0.4, 0.5) is 0 Å².